The van der Waals surface area contributed by atoms with Gasteiger partial charge in [-0.1, -0.05) is 42.5 Å². The molecular weight excluding hydrogens is 350 g/mol. The molecule has 1 N–H and O–H groups in total. The third-order valence-corrected chi connectivity index (χ3v) is 4.35. The molecule has 0 aliphatic rings. The zero-order valence-electron chi connectivity index (χ0n) is 15.9. The minimum absolute atomic E-state index is 0.0278. The van der Waals surface area contributed by atoms with Gasteiger partial charge in [-0.2, -0.15) is 0 Å². The minimum atomic E-state index is -0.0389. The van der Waals surface area contributed by atoms with Gasteiger partial charge in [0, 0.05) is 17.7 Å². The summed E-state index contributed by atoms with van der Waals surface area (Å²) in [4.78, 5) is 23.3. The number of Topliss-reactive ketones (excluding diaryl/α,β-unsaturated/α-hetero) is 1. The molecule has 0 saturated heterocycles. The van der Waals surface area contributed by atoms with Crippen molar-refractivity contribution in [1.82, 2.24) is 0 Å². The fourth-order valence-corrected chi connectivity index (χ4v) is 2.81. The molecule has 0 unspecified atom stereocenters. The molecule has 0 aliphatic carbocycles. The van der Waals surface area contributed by atoms with Crippen LogP contribution in [-0.2, 0) is 4.79 Å². The van der Waals surface area contributed by atoms with Gasteiger partial charge in [-0.3, -0.25) is 9.59 Å². The number of amides is 1. The predicted octanol–water partition coefficient (Wildman–Crippen LogP) is 5.35. The fourth-order valence-electron chi connectivity index (χ4n) is 2.81. The Bertz CT molecular complexity index is 916. The molecule has 0 spiro atoms. The summed E-state index contributed by atoms with van der Waals surface area (Å²) in [5.74, 6) is 0.685. The molecule has 0 saturated carbocycles. The molecule has 0 aliphatic heterocycles. The standard InChI is InChI=1S/C24H23NO3/c1-18(26)19-11-15-23(16-12-19)28-17-5-8-24(27)25-22-13-9-21(10-14-22)20-6-3-2-4-7-20/h2-4,6-7,9-16H,5,8,17H2,1H3,(H,25,27). The lowest BCUT2D eigenvalue weighted by atomic mass is 10.1. The summed E-state index contributed by atoms with van der Waals surface area (Å²) in [5.41, 5.74) is 3.70. The lowest BCUT2D eigenvalue weighted by Crippen LogP contribution is -2.12. The van der Waals surface area contributed by atoms with E-state index in [1.165, 1.54) is 6.92 Å². The van der Waals surface area contributed by atoms with Crippen molar-refractivity contribution in [2.45, 2.75) is 19.8 Å². The largest absolute Gasteiger partial charge is 0.494 e. The van der Waals surface area contributed by atoms with Crippen LogP contribution in [0.15, 0.2) is 78.9 Å². The van der Waals surface area contributed by atoms with E-state index in [1.807, 2.05) is 42.5 Å². The van der Waals surface area contributed by atoms with E-state index in [0.717, 1.165) is 16.8 Å². The molecule has 4 nitrogen and oxygen atoms in total. The quantitative estimate of drug-likeness (QED) is 0.427. The van der Waals surface area contributed by atoms with Crippen LogP contribution in [-0.4, -0.2) is 18.3 Å². The zero-order valence-corrected chi connectivity index (χ0v) is 15.9. The Morgan fingerprint density at radius 1 is 0.821 bits per heavy atom. The molecule has 0 radical (unpaired) electrons. The van der Waals surface area contributed by atoms with Crippen LogP contribution in [0.4, 0.5) is 5.69 Å². The Labute approximate surface area is 165 Å². The van der Waals surface area contributed by atoms with Gasteiger partial charge >= 0.3 is 0 Å². The van der Waals surface area contributed by atoms with Crippen LogP contribution in [0.5, 0.6) is 5.75 Å². The van der Waals surface area contributed by atoms with Crippen molar-refractivity contribution < 1.29 is 14.3 Å². The number of carbonyl (C=O) groups excluding carboxylic acids is 2. The molecular formula is C24H23NO3. The van der Waals surface area contributed by atoms with E-state index in [2.05, 4.69) is 17.4 Å². The first-order valence-electron chi connectivity index (χ1n) is 9.31. The summed E-state index contributed by atoms with van der Waals surface area (Å²) in [5, 5.41) is 2.91. The van der Waals surface area contributed by atoms with Crippen LogP contribution >= 0.6 is 0 Å². The highest BCUT2D eigenvalue weighted by molar-refractivity contribution is 5.94. The number of ketones is 1. The normalized spacial score (nSPS) is 10.3. The van der Waals surface area contributed by atoms with Crippen molar-refractivity contribution in [2.24, 2.45) is 0 Å². The maximum Gasteiger partial charge on any atom is 0.224 e. The van der Waals surface area contributed by atoms with Crippen molar-refractivity contribution in [3.05, 3.63) is 84.4 Å². The Hall–Kier alpha value is -3.40. The van der Waals surface area contributed by atoms with Gasteiger partial charge in [0.25, 0.3) is 0 Å². The topological polar surface area (TPSA) is 55.4 Å². The van der Waals surface area contributed by atoms with Crippen molar-refractivity contribution >= 4 is 17.4 Å². The van der Waals surface area contributed by atoms with Crippen LogP contribution in [0.25, 0.3) is 11.1 Å². The summed E-state index contributed by atoms with van der Waals surface area (Å²) in [6.07, 6.45) is 0.994. The van der Waals surface area contributed by atoms with E-state index >= 15 is 0 Å². The molecule has 3 aromatic rings. The van der Waals surface area contributed by atoms with E-state index < -0.39 is 0 Å². The molecule has 0 bridgehead atoms. The van der Waals surface area contributed by atoms with Crippen LogP contribution < -0.4 is 10.1 Å². The molecule has 3 rings (SSSR count). The lowest BCUT2D eigenvalue weighted by molar-refractivity contribution is -0.116. The maximum absolute atomic E-state index is 12.1. The Morgan fingerprint density at radius 3 is 2.11 bits per heavy atom. The summed E-state index contributed by atoms with van der Waals surface area (Å²) < 4.78 is 5.61. The highest BCUT2D eigenvalue weighted by atomic mass is 16.5. The maximum atomic E-state index is 12.1. The van der Waals surface area contributed by atoms with E-state index in [0.29, 0.717) is 30.8 Å². The van der Waals surface area contributed by atoms with Gasteiger partial charge in [0.15, 0.2) is 5.78 Å². The molecule has 0 aromatic heterocycles. The first kappa shape index (κ1) is 19.4. The minimum Gasteiger partial charge on any atom is -0.494 e. The number of rotatable bonds is 8. The highest BCUT2D eigenvalue weighted by Gasteiger charge is 2.04. The van der Waals surface area contributed by atoms with Crippen molar-refractivity contribution in [3.63, 3.8) is 0 Å². The highest BCUT2D eigenvalue weighted by Crippen LogP contribution is 2.21. The van der Waals surface area contributed by atoms with Crippen LogP contribution in [0.3, 0.4) is 0 Å². The number of anilines is 1. The van der Waals surface area contributed by atoms with Crippen LogP contribution in [0.2, 0.25) is 0 Å². The second-order valence-electron chi connectivity index (χ2n) is 6.52. The molecule has 4 heteroatoms. The summed E-state index contributed by atoms with van der Waals surface area (Å²) in [6.45, 7) is 1.98. The summed E-state index contributed by atoms with van der Waals surface area (Å²) in [7, 11) is 0. The van der Waals surface area contributed by atoms with Gasteiger partial charge in [0.1, 0.15) is 5.75 Å². The Balaban J connectivity index is 1.41. The second kappa shape index (κ2) is 9.51. The predicted molar refractivity (Wildman–Crippen MR) is 112 cm³/mol. The third kappa shape index (κ3) is 5.55. The average Bonchev–Trinajstić information content (AvgIpc) is 2.73. The van der Waals surface area contributed by atoms with Crippen molar-refractivity contribution in [3.8, 4) is 16.9 Å². The van der Waals surface area contributed by atoms with E-state index in [-0.39, 0.29) is 11.7 Å². The monoisotopic (exact) mass is 373 g/mol. The van der Waals surface area contributed by atoms with Crippen molar-refractivity contribution in [1.29, 1.82) is 0 Å². The molecule has 142 valence electrons. The number of hydrogen-bond acceptors (Lipinski definition) is 3. The Kier molecular flexibility index (Phi) is 6.58. The molecule has 1 amide bonds. The van der Waals surface area contributed by atoms with Crippen molar-refractivity contribution in [2.75, 3.05) is 11.9 Å². The van der Waals surface area contributed by atoms with Gasteiger partial charge in [-0.15, -0.1) is 0 Å². The van der Waals surface area contributed by atoms with Crippen LogP contribution in [0, 0.1) is 0 Å². The second-order valence-corrected chi connectivity index (χ2v) is 6.52. The van der Waals surface area contributed by atoms with Gasteiger partial charge < -0.3 is 10.1 Å². The Morgan fingerprint density at radius 2 is 1.46 bits per heavy atom. The van der Waals surface area contributed by atoms with Gasteiger partial charge in [-0.25, -0.2) is 0 Å². The van der Waals surface area contributed by atoms with Gasteiger partial charge in [0.2, 0.25) is 5.91 Å². The van der Waals surface area contributed by atoms with E-state index in [1.54, 1.807) is 24.3 Å². The molecule has 0 heterocycles. The average molecular weight is 373 g/mol. The molecule has 3 aromatic carbocycles. The SMILES string of the molecule is CC(=O)c1ccc(OCCCC(=O)Nc2ccc(-c3ccccc3)cc2)cc1. The molecule has 0 fully saturated rings. The number of hydrogen-bond donors (Lipinski definition) is 1. The molecule has 0 atom stereocenters. The first-order valence-corrected chi connectivity index (χ1v) is 9.31. The zero-order chi connectivity index (χ0) is 19.8. The van der Waals surface area contributed by atoms with Crippen LogP contribution in [0.1, 0.15) is 30.1 Å². The fraction of sp³-hybridized carbons (Fsp3) is 0.167. The molecule has 28 heavy (non-hydrogen) atoms. The van der Waals surface area contributed by atoms with E-state index in [4.69, 9.17) is 4.74 Å². The number of nitrogens with one attached hydrogen (secondary N) is 1. The third-order valence-electron chi connectivity index (χ3n) is 4.35. The number of carbonyl (C=O) groups is 2. The summed E-state index contributed by atoms with van der Waals surface area (Å²) >= 11 is 0. The first-order chi connectivity index (χ1) is 13.6. The lowest BCUT2D eigenvalue weighted by Gasteiger charge is -2.08. The number of benzene rings is 3. The smallest absolute Gasteiger partial charge is 0.224 e. The van der Waals surface area contributed by atoms with Gasteiger partial charge in [0.05, 0.1) is 6.61 Å². The van der Waals surface area contributed by atoms with E-state index in [9.17, 15) is 9.59 Å². The number of ether oxygens (including phenoxy) is 1. The summed E-state index contributed by atoms with van der Waals surface area (Å²) in [6, 6.07) is 24.9. The van der Waals surface area contributed by atoms with Gasteiger partial charge in [-0.05, 0) is 60.9 Å².